The first-order valence-corrected chi connectivity index (χ1v) is 8.51. The Balaban J connectivity index is 1.87. The Hall–Kier alpha value is -2.22. The number of hydrogen-bond donors (Lipinski definition) is 3. The van der Waals surface area contributed by atoms with E-state index in [2.05, 4.69) is 10.6 Å². The van der Waals surface area contributed by atoms with Gasteiger partial charge in [0, 0.05) is 24.3 Å². The molecule has 2 atom stereocenters. The fourth-order valence-corrected chi connectivity index (χ4v) is 3.04. The summed E-state index contributed by atoms with van der Waals surface area (Å²) in [6, 6.07) is 11.9. The van der Waals surface area contributed by atoms with Gasteiger partial charge >= 0.3 is 0 Å². The number of morpholine rings is 1. The molecule has 4 N–H and O–H groups in total. The predicted molar refractivity (Wildman–Crippen MR) is 96.9 cm³/mol. The van der Waals surface area contributed by atoms with E-state index < -0.39 is 18.5 Å². The highest BCUT2D eigenvalue weighted by molar-refractivity contribution is 5.66. The van der Waals surface area contributed by atoms with Crippen molar-refractivity contribution in [3.8, 4) is 5.75 Å². The van der Waals surface area contributed by atoms with E-state index in [0.29, 0.717) is 35.8 Å². The van der Waals surface area contributed by atoms with E-state index in [-0.39, 0.29) is 12.4 Å². The molecule has 1 saturated heterocycles. The predicted octanol–water partition coefficient (Wildman–Crippen LogP) is 3.04. The number of rotatable bonds is 6. The van der Waals surface area contributed by atoms with Crippen LogP contribution in [0.4, 0.5) is 20.2 Å². The number of alkyl halides is 1. The summed E-state index contributed by atoms with van der Waals surface area (Å²) in [5.41, 5.74) is 6.73. The average molecular weight is 363 g/mol. The summed E-state index contributed by atoms with van der Waals surface area (Å²) in [7, 11) is 0. The third kappa shape index (κ3) is 4.12. The fourth-order valence-electron chi connectivity index (χ4n) is 3.04. The lowest BCUT2D eigenvalue weighted by atomic mass is 9.93. The molecular weight excluding hydrogens is 340 g/mol. The van der Waals surface area contributed by atoms with Crippen LogP contribution in [0.1, 0.15) is 12.5 Å². The first-order valence-electron chi connectivity index (χ1n) is 8.51. The molecule has 0 radical (unpaired) electrons. The van der Waals surface area contributed by atoms with Crippen molar-refractivity contribution in [2.45, 2.75) is 18.8 Å². The number of halogens is 2. The third-order valence-corrected chi connectivity index (χ3v) is 4.26. The molecule has 0 spiro atoms. The van der Waals surface area contributed by atoms with Crippen LogP contribution in [0.15, 0.2) is 42.5 Å². The largest absolute Gasteiger partial charge is 0.489 e. The Labute approximate surface area is 151 Å². The molecule has 26 heavy (non-hydrogen) atoms. The molecule has 0 bridgehead atoms. The van der Waals surface area contributed by atoms with Crippen LogP contribution in [0.25, 0.3) is 0 Å². The zero-order valence-electron chi connectivity index (χ0n) is 14.6. The van der Waals surface area contributed by atoms with Gasteiger partial charge in [-0.1, -0.05) is 12.1 Å². The molecule has 1 aliphatic heterocycles. The topological polar surface area (TPSA) is 68.5 Å². The van der Waals surface area contributed by atoms with Gasteiger partial charge in [0.15, 0.2) is 0 Å². The lowest BCUT2D eigenvalue weighted by Gasteiger charge is -2.38. The smallest absolute Gasteiger partial charge is 0.142 e. The number of benzene rings is 2. The first-order chi connectivity index (χ1) is 12.5. The van der Waals surface area contributed by atoms with Crippen LogP contribution in [0.2, 0.25) is 0 Å². The summed E-state index contributed by atoms with van der Waals surface area (Å²) < 4.78 is 38.1. The molecule has 140 valence electrons. The fraction of sp³-hybridized carbons (Fsp3) is 0.368. The maximum Gasteiger partial charge on any atom is 0.142 e. The van der Waals surface area contributed by atoms with E-state index in [1.807, 2.05) is 12.1 Å². The van der Waals surface area contributed by atoms with Crippen LogP contribution < -0.4 is 21.1 Å². The van der Waals surface area contributed by atoms with Gasteiger partial charge in [-0.2, -0.15) is 0 Å². The highest BCUT2D eigenvalue weighted by Gasteiger charge is 2.35. The van der Waals surface area contributed by atoms with Gasteiger partial charge in [-0.15, -0.1) is 0 Å². The van der Waals surface area contributed by atoms with Gasteiger partial charge in [0.05, 0.1) is 5.69 Å². The number of nitrogens with two attached hydrogens (primary N) is 1. The molecule has 0 aromatic heterocycles. The molecule has 1 unspecified atom stereocenters. The highest BCUT2D eigenvalue weighted by Crippen LogP contribution is 2.34. The summed E-state index contributed by atoms with van der Waals surface area (Å²) in [5.74, 6) is 0.163. The van der Waals surface area contributed by atoms with Crippen molar-refractivity contribution < 1.29 is 18.3 Å². The van der Waals surface area contributed by atoms with Gasteiger partial charge in [0.2, 0.25) is 0 Å². The second-order valence-corrected chi connectivity index (χ2v) is 6.37. The summed E-state index contributed by atoms with van der Waals surface area (Å²) in [6.45, 7) is 2.19. The average Bonchev–Trinajstić information content (AvgIpc) is 2.62. The first kappa shape index (κ1) is 18.6. The van der Waals surface area contributed by atoms with E-state index in [0.717, 1.165) is 0 Å². The number of hydrogen-bond acceptors (Lipinski definition) is 5. The molecule has 0 aliphatic carbocycles. The Morgan fingerprint density at radius 2 is 2.15 bits per heavy atom. The van der Waals surface area contributed by atoms with Crippen molar-refractivity contribution in [2.24, 2.45) is 5.73 Å². The van der Waals surface area contributed by atoms with Crippen LogP contribution in [-0.4, -0.2) is 32.6 Å². The molecule has 1 fully saturated rings. The number of anilines is 2. The number of para-hydroxylation sites is 2. The maximum atomic E-state index is 14.5. The summed E-state index contributed by atoms with van der Waals surface area (Å²) in [4.78, 5) is 0. The van der Waals surface area contributed by atoms with Crippen LogP contribution in [-0.2, 0) is 10.3 Å². The molecule has 5 nitrogen and oxygen atoms in total. The normalized spacial score (nSPS) is 22.8. The number of ether oxygens (including phenoxy) is 2. The van der Waals surface area contributed by atoms with Crippen LogP contribution >= 0.6 is 0 Å². The Morgan fingerprint density at radius 3 is 2.92 bits per heavy atom. The van der Waals surface area contributed by atoms with E-state index in [4.69, 9.17) is 15.2 Å². The molecule has 7 heteroatoms. The molecule has 0 amide bonds. The van der Waals surface area contributed by atoms with Gasteiger partial charge in [-0.25, -0.2) is 8.78 Å². The quantitative estimate of drug-likeness (QED) is 0.736. The molecule has 0 saturated carbocycles. The minimum atomic E-state index is -0.871. The second-order valence-electron chi connectivity index (χ2n) is 6.37. The minimum absolute atomic E-state index is 0.0250. The van der Waals surface area contributed by atoms with E-state index >= 15 is 0 Å². The Morgan fingerprint density at radius 1 is 1.35 bits per heavy atom. The summed E-state index contributed by atoms with van der Waals surface area (Å²) in [5, 5.41) is 6.35. The van der Waals surface area contributed by atoms with Gasteiger partial charge in [0.25, 0.3) is 0 Å². The van der Waals surface area contributed by atoms with Gasteiger partial charge < -0.3 is 25.8 Å². The van der Waals surface area contributed by atoms with Crippen molar-refractivity contribution in [3.63, 3.8) is 0 Å². The molecule has 1 heterocycles. The highest BCUT2D eigenvalue weighted by atomic mass is 19.1. The monoisotopic (exact) mass is 363 g/mol. The van der Waals surface area contributed by atoms with E-state index in [1.54, 1.807) is 31.2 Å². The minimum Gasteiger partial charge on any atom is -0.489 e. The van der Waals surface area contributed by atoms with Crippen molar-refractivity contribution >= 4 is 11.4 Å². The summed E-state index contributed by atoms with van der Waals surface area (Å²) >= 11 is 0. The molecule has 2 aromatic carbocycles. The zero-order valence-corrected chi connectivity index (χ0v) is 14.6. The van der Waals surface area contributed by atoms with Gasteiger partial charge in [-0.3, -0.25) is 0 Å². The zero-order chi connectivity index (χ0) is 18.6. The molecular formula is C19H23F2N3O2. The lowest BCUT2D eigenvalue weighted by molar-refractivity contribution is -0.109. The van der Waals surface area contributed by atoms with Gasteiger partial charge in [-0.05, 0) is 37.3 Å². The summed E-state index contributed by atoms with van der Waals surface area (Å²) in [6.07, 6.45) is -0.500. The van der Waals surface area contributed by atoms with Crippen molar-refractivity contribution in [2.75, 3.05) is 31.7 Å². The van der Waals surface area contributed by atoms with Gasteiger partial charge in [0.1, 0.15) is 36.7 Å². The number of nitrogens with one attached hydrogen (secondary N) is 2. The van der Waals surface area contributed by atoms with Crippen molar-refractivity contribution in [3.05, 3.63) is 53.8 Å². The van der Waals surface area contributed by atoms with Crippen LogP contribution in [0.3, 0.4) is 0 Å². The third-order valence-electron chi connectivity index (χ3n) is 4.26. The molecule has 2 aromatic rings. The maximum absolute atomic E-state index is 14.5. The standard InChI is InChI=1S/C19H23F2N3O2/c1-19(12-23-11-18(22)26-19)14-10-13(6-7-15(14)21)24-16-4-2-3-5-17(16)25-9-8-20/h2-7,10,18,23-24H,8-9,11-12,22H2,1H3/t18-,19?/m1/s1. The molecule has 3 rings (SSSR count). The van der Waals surface area contributed by atoms with Crippen LogP contribution in [0.5, 0.6) is 5.75 Å². The van der Waals surface area contributed by atoms with E-state index in [9.17, 15) is 8.78 Å². The van der Waals surface area contributed by atoms with Crippen molar-refractivity contribution in [1.29, 1.82) is 0 Å². The van der Waals surface area contributed by atoms with Crippen molar-refractivity contribution in [1.82, 2.24) is 5.32 Å². The van der Waals surface area contributed by atoms with Crippen LogP contribution in [0, 0.1) is 5.82 Å². The Bertz CT molecular complexity index is 759. The SMILES string of the molecule is CC1(c2cc(Nc3ccccc3OCCF)ccc2F)CNC[C@H](N)O1. The Kier molecular flexibility index (Phi) is 5.70. The van der Waals surface area contributed by atoms with E-state index in [1.165, 1.54) is 6.07 Å². The molecule has 1 aliphatic rings. The lowest BCUT2D eigenvalue weighted by Crippen LogP contribution is -2.53. The second kappa shape index (κ2) is 7.99.